The molecule has 2 aliphatic rings. The van der Waals surface area contributed by atoms with E-state index < -0.39 is 5.82 Å². The number of hydrogen-bond acceptors (Lipinski definition) is 3. The number of pyridine rings is 1. The van der Waals surface area contributed by atoms with Crippen LogP contribution in [-0.2, 0) is 13.0 Å². The lowest BCUT2D eigenvalue weighted by molar-refractivity contribution is 0.205. The molecule has 1 aliphatic carbocycles. The molecule has 2 N–H and O–H groups in total. The van der Waals surface area contributed by atoms with E-state index in [0.717, 1.165) is 23.4 Å². The zero-order valence-electron chi connectivity index (χ0n) is 13.0. The molecule has 1 aliphatic heterocycles. The van der Waals surface area contributed by atoms with E-state index in [1.807, 2.05) is 0 Å². The lowest BCUT2D eigenvalue weighted by atomic mass is 9.81. The van der Waals surface area contributed by atoms with E-state index in [1.165, 1.54) is 31.5 Å². The summed E-state index contributed by atoms with van der Waals surface area (Å²) in [4.78, 5) is 18.0. The highest BCUT2D eigenvalue weighted by Crippen LogP contribution is 2.38. The van der Waals surface area contributed by atoms with Crippen LogP contribution in [-0.4, -0.2) is 32.7 Å². The van der Waals surface area contributed by atoms with Gasteiger partial charge in [-0.25, -0.2) is 14.2 Å². The minimum Gasteiger partial charge on any atom is -0.320 e. The molecule has 2 amide bonds. The van der Waals surface area contributed by atoms with Gasteiger partial charge in [-0.15, -0.1) is 0 Å². The Hall–Kier alpha value is -1.96. The number of carbonyl (C=O) groups is 1. The normalized spacial score (nSPS) is 17.3. The minimum atomic E-state index is -0.568. The number of anilines is 1. The maximum Gasteiger partial charge on any atom is 0.322 e. The monoisotopic (exact) mass is 393 g/mol. The van der Waals surface area contributed by atoms with Gasteiger partial charge in [0, 0.05) is 36.3 Å². The zero-order chi connectivity index (χ0) is 16.7. The summed E-state index contributed by atoms with van der Waals surface area (Å²) in [6.45, 7) is 1.09. The minimum absolute atomic E-state index is 0.0864. The summed E-state index contributed by atoms with van der Waals surface area (Å²) in [5.74, 6) is -0.0522. The third-order valence-corrected chi connectivity index (χ3v) is 5.39. The largest absolute Gasteiger partial charge is 0.322 e. The molecule has 0 saturated heterocycles. The number of hydrogen-bond donors (Lipinski definition) is 2. The van der Waals surface area contributed by atoms with Gasteiger partial charge >= 0.3 is 6.03 Å². The van der Waals surface area contributed by atoms with E-state index in [4.69, 9.17) is 0 Å². The molecule has 24 heavy (non-hydrogen) atoms. The Balaban J connectivity index is 1.50. The highest BCUT2D eigenvalue weighted by Gasteiger charge is 2.31. The molecule has 0 aromatic carbocycles. The van der Waals surface area contributed by atoms with E-state index in [0.29, 0.717) is 19.0 Å². The van der Waals surface area contributed by atoms with E-state index in [-0.39, 0.29) is 16.3 Å². The number of carbonyl (C=O) groups excluding carboxylic acids is 1. The summed E-state index contributed by atoms with van der Waals surface area (Å²) in [6, 6.07) is 1.14. The van der Waals surface area contributed by atoms with Gasteiger partial charge in [-0.05, 0) is 34.8 Å². The van der Waals surface area contributed by atoms with Crippen LogP contribution in [0.4, 0.5) is 14.9 Å². The first-order valence-corrected chi connectivity index (χ1v) is 8.84. The number of aromatic amines is 1. The van der Waals surface area contributed by atoms with Gasteiger partial charge in [0.2, 0.25) is 0 Å². The number of rotatable bonds is 2. The van der Waals surface area contributed by atoms with Gasteiger partial charge in [-0.3, -0.25) is 5.10 Å². The molecule has 0 spiro atoms. The van der Waals surface area contributed by atoms with Crippen LogP contribution in [0.1, 0.15) is 42.1 Å². The first kappa shape index (κ1) is 15.6. The maximum absolute atomic E-state index is 14.0. The van der Waals surface area contributed by atoms with Crippen LogP contribution in [0.5, 0.6) is 0 Å². The zero-order valence-corrected chi connectivity index (χ0v) is 14.6. The second-order valence-corrected chi connectivity index (χ2v) is 7.01. The van der Waals surface area contributed by atoms with Crippen LogP contribution in [0.3, 0.4) is 0 Å². The lowest BCUT2D eigenvalue weighted by Gasteiger charge is -2.30. The van der Waals surface area contributed by atoms with Crippen molar-refractivity contribution in [3.63, 3.8) is 0 Å². The third-order valence-electron chi connectivity index (χ3n) is 4.83. The molecule has 2 aromatic heterocycles. The maximum atomic E-state index is 14.0. The summed E-state index contributed by atoms with van der Waals surface area (Å²) >= 11 is 3.02. The molecular weight excluding hydrogens is 377 g/mol. The molecule has 2 aromatic rings. The molecule has 1 fully saturated rings. The summed E-state index contributed by atoms with van der Waals surface area (Å²) in [5, 5.41) is 10.2. The van der Waals surface area contributed by atoms with Gasteiger partial charge in [0.15, 0.2) is 5.82 Å². The summed E-state index contributed by atoms with van der Waals surface area (Å²) in [5.41, 5.74) is 3.49. The number of fused-ring (bicyclic) bond motifs is 1. The second kappa shape index (κ2) is 6.16. The summed E-state index contributed by atoms with van der Waals surface area (Å²) in [6.07, 6.45) is 5.76. The van der Waals surface area contributed by atoms with Crippen molar-refractivity contribution in [1.82, 2.24) is 20.1 Å². The van der Waals surface area contributed by atoms with Crippen LogP contribution < -0.4 is 5.32 Å². The summed E-state index contributed by atoms with van der Waals surface area (Å²) < 4.78 is 14.1. The molecule has 6 nitrogen and oxygen atoms in total. The Bertz CT molecular complexity index is 789. The average molecular weight is 394 g/mol. The van der Waals surface area contributed by atoms with Gasteiger partial charge in [-0.1, -0.05) is 6.42 Å². The van der Waals surface area contributed by atoms with Crippen molar-refractivity contribution in [3.05, 3.63) is 39.6 Å². The van der Waals surface area contributed by atoms with E-state index in [1.54, 1.807) is 4.90 Å². The van der Waals surface area contributed by atoms with Crippen molar-refractivity contribution in [3.8, 4) is 0 Å². The first-order chi connectivity index (χ1) is 11.6. The van der Waals surface area contributed by atoms with E-state index in [2.05, 4.69) is 36.4 Å². The standard InChI is InChI=1S/C16H17BrFN5O/c17-15-13(18)12(4-6-19-15)20-16(24)23-7-5-11-10(8-23)14(22-21-11)9-2-1-3-9/h4,6,9H,1-3,5,7-8H2,(H,21,22)(H,19,20,24). The molecule has 126 valence electrons. The Morgan fingerprint density at radius 1 is 1.46 bits per heavy atom. The van der Waals surface area contributed by atoms with E-state index >= 15 is 0 Å². The molecule has 8 heteroatoms. The van der Waals surface area contributed by atoms with Crippen LogP contribution in [0.25, 0.3) is 0 Å². The highest BCUT2D eigenvalue weighted by molar-refractivity contribution is 9.10. The Morgan fingerprint density at radius 3 is 3.04 bits per heavy atom. The third kappa shape index (κ3) is 2.68. The molecule has 4 rings (SSSR count). The number of nitrogens with one attached hydrogen (secondary N) is 2. The molecule has 0 bridgehead atoms. The van der Waals surface area contributed by atoms with Gasteiger partial charge in [-0.2, -0.15) is 5.10 Å². The SMILES string of the molecule is O=C(Nc1ccnc(Br)c1F)N1CCc2[nH]nc(C3CCC3)c2C1. The number of amides is 2. The fourth-order valence-electron chi connectivity index (χ4n) is 3.22. The average Bonchev–Trinajstić information content (AvgIpc) is 2.93. The van der Waals surface area contributed by atoms with Crippen molar-refractivity contribution >= 4 is 27.6 Å². The number of halogens is 2. The van der Waals surface area contributed by atoms with Gasteiger partial charge < -0.3 is 10.2 Å². The quantitative estimate of drug-likeness (QED) is 0.765. The van der Waals surface area contributed by atoms with Crippen molar-refractivity contribution in [2.45, 2.75) is 38.1 Å². The number of nitrogens with zero attached hydrogens (tertiary/aromatic N) is 3. The highest BCUT2D eigenvalue weighted by atomic mass is 79.9. The molecule has 3 heterocycles. The fraction of sp³-hybridized carbons (Fsp3) is 0.438. The number of urea groups is 1. The number of H-pyrrole nitrogens is 1. The van der Waals surface area contributed by atoms with Crippen LogP contribution in [0, 0.1) is 5.82 Å². The van der Waals surface area contributed by atoms with E-state index in [9.17, 15) is 9.18 Å². The van der Waals surface area contributed by atoms with Gasteiger partial charge in [0.1, 0.15) is 4.60 Å². The number of aromatic nitrogens is 3. The summed E-state index contributed by atoms with van der Waals surface area (Å²) in [7, 11) is 0. The fourth-order valence-corrected chi connectivity index (χ4v) is 3.55. The van der Waals surface area contributed by atoms with Crippen LogP contribution >= 0.6 is 15.9 Å². The topological polar surface area (TPSA) is 73.9 Å². The predicted octanol–water partition coefficient (Wildman–Crippen LogP) is 3.56. The molecular formula is C16H17BrFN5O. The molecule has 1 saturated carbocycles. The lowest BCUT2D eigenvalue weighted by Crippen LogP contribution is -2.39. The van der Waals surface area contributed by atoms with Gasteiger partial charge in [0.05, 0.1) is 17.9 Å². The van der Waals surface area contributed by atoms with Crippen molar-refractivity contribution in [1.29, 1.82) is 0 Å². The van der Waals surface area contributed by atoms with Crippen LogP contribution in [0.2, 0.25) is 0 Å². The van der Waals surface area contributed by atoms with Crippen molar-refractivity contribution in [2.75, 3.05) is 11.9 Å². The Morgan fingerprint density at radius 2 is 2.29 bits per heavy atom. The predicted molar refractivity (Wildman–Crippen MR) is 90.2 cm³/mol. The molecule has 0 unspecified atom stereocenters. The van der Waals surface area contributed by atoms with Gasteiger partial charge in [0.25, 0.3) is 0 Å². The second-order valence-electron chi connectivity index (χ2n) is 6.26. The molecule has 0 radical (unpaired) electrons. The first-order valence-electron chi connectivity index (χ1n) is 8.05. The van der Waals surface area contributed by atoms with Crippen LogP contribution in [0.15, 0.2) is 16.9 Å². The smallest absolute Gasteiger partial charge is 0.320 e. The molecule has 0 atom stereocenters. The Kier molecular flexibility index (Phi) is 3.99. The van der Waals surface area contributed by atoms with Crippen molar-refractivity contribution in [2.24, 2.45) is 0 Å². The Labute approximate surface area is 147 Å². The van der Waals surface area contributed by atoms with Crippen molar-refractivity contribution < 1.29 is 9.18 Å².